The third kappa shape index (κ3) is 4.04. The second-order valence-electron chi connectivity index (χ2n) is 5.45. The minimum Gasteiger partial charge on any atom is -0.352 e. The van der Waals surface area contributed by atoms with Crippen LogP contribution in [0.15, 0.2) is 73.1 Å². The molecule has 0 fully saturated rings. The van der Waals surface area contributed by atoms with E-state index >= 15 is 0 Å². The zero-order valence-electron chi connectivity index (χ0n) is 13.1. The van der Waals surface area contributed by atoms with Crippen LogP contribution in [-0.2, 0) is 6.42 Å². The molecule has 3 aromatic rings. The van der Waals surface area contributed by atoms with Crippen LogP contribution in [0.4, 0.5) is 4.39 Å². The van der Waals surface area contributed by atoms with E-state index in [1.54, 1.807) is 30.6 Å². The molecule has 0 unspecified atom stereocenters. The van der Waals surface area contributed by atoms with Crippen molar-refractivity contribution in [1.82, 2.24) is 10.3 Å². The van der Waals surface area contributed by atoms with Gasteiger partial charge in [0.2, 0.25) is 0 Å². The molecular formula is C20H17FN2O. The monoisotopic (exact) mass is 320 g/mol. The van der Waals surface area contributed by atoms with Crippen LogP contribution in [0.3, 0.4) is 0 Å². The zero-order chi connectivity index (χ0) is 16.8. The fourth-order valence-electron chi connectivity index (χ4n) is 2.47. The van der Waals surface area contributed by atoms with Crippen LogP contribution in [0.1, 0.15) is 15.9 Å². The van der Waals surface area contributed by atoms with Crippen molar-refractivity contribution in [3.05, 3.63) is 90.0 Å². The topological polar surface area (TPSA) is 42.0 Å². The number of amides is 1. The molecule has 0 saturated carbocycles. The van der Waals surface area contributed by atoms with Gasteiger partial charge in [0.1, 0.15) is 5.82 Å². The summed E-state index contributed by atoms with van der Waals surface area (Å²) in [4.78, 5) is 16.1. The summed E-state index contributed by atoms with van der Waals surface area (Å²) in [6, 6.07) is 17.7. The van der Waals surface area contributed by atoms with E-state index in [4.69, 9.17) is 0 Å². The van der Waals surface area contributed by atoms with E-state index in [1.165, 1.54) is 12.1 Å². The number of benzene rings is 2. The first-order valence-corrected chi connectivity index (χ1v) is 7.75. The van der Waals surface area contributed by atoms with Crippen molar-refractivity contribution in [2.24, 2.45) is 0 Å². The molecule has 0 aliphatic carbocycles. The molecule has 0 spiro atoms. The number of nitrogens with one attached hydrogen (secondary N) is 1. The third-order valence-corrected chi connectivity index (χ3v) is 3.75. The molecule has 0 radical (unpaired) electrons. The van der Waals surface area contributed by atoms with Gasteiger partial charge in [0, 0.05) is 24.5 Å². The molecule has 2 aromatic carbocycles. The predicted molar refractivity (Wildman–Crippen MR) is 92.1 cm³/mol. The van der Waals surface area contributed by atoms with Crippen molar-refractivity contribution in [3.63, 3.8) is 0 Å². The van der Waals surface area contributed by atoms with Crippen LogP contribution in [0, 0.1) is 5.82 Å². The lowest BCUT2D eigenvalue weighted by molar-refractivity contribution is 0.0954. The van der Waals surface area contributed by atoms with E-state index in [1.807, 2.05) is 30.3 Å². The minimum atomic E-state index is -0.259. The SMILES string of the molecule is O=C(NCCc1cccc(F)c1)c1ccc(-c2ccncc2)cc1. The lowest BCUT2D eigenvalue weighted by Gasteiger charge is -2.07. The van der Waals surface area contributed by atoms with Crippen LogP contribution in [-0.4, -0.2) is 17.4 Å². The maximum Gasteiger partial charge on any atom is 0.251 e. The average Bonchev–Trinajstić information content (AvgIpc) is 2.63. The van der Waals surface area contributed by atoms with E-state index in [-0.39, 0.29) is 11.7 Å². The molecule has 120 valence electrons. The first-order valence-electron chi connectivity index (χ1n) is 7.75. The van der Waals surface area contributed by atoms with Crippen LogP contribution in [0.25, 0.3) is 11.1 Å². The van der Waals surface area contributed by atoms with Crippen molar-refractivity contribution < 1.29 is 9.18 Å². The van der Waals surface area contributed by atoms with Gasteiger partial charge in [0.15, 0.2) is 0 Å². The number of nitrogens with zero attached hydrogens (tertiary/aromatic N) is 1. The molecule has 0 aliphatic heterocycles. The smallest absolute Gasteiger partial charge is 0.251 e. The first kappa shape index (κ1) is 15.9. The molecule has 1 amide bonds. The van der Waals surface area contributed by atoms with E-state index in [0.29, 0.717) is 18.5 Å². The van der Waals surface area contributed by atoms with E-state index in [2.05, 4.69) is 10.3 Å². The van der Waals surface area contributed by atoms with Gasteiger partial charge in [-0.3, -0.25) is 9.78 Å². The van der Waals surface area contributed by atoms with E-state index < -0.39 is 0 Å². The summed E-state index contributed by atoms with van der Waals surface area (Å²) in [7, 11) is 0. The number of hydrogen-bond acceptors (Lipinski definition) is 2. The molecule has 24 heavy (non-hydrogen) atoms. The highest BCUT2D eigenvalue weighted by Crippen LogP contribution is 2.18. The first-order chi connectivity index (χ1) is 11.7. The van der Waals surface area contributed by atoms with Crippen molar-refractivity contribution in [1.29, 1.82) is 0 Å². The molecule has 3 nitrogen and oxygen atoms in total. The maximum atomic E-state index is 13.1. The van der Waals surface area contributed by atoms with Gasteiger partial charge in [-0.05, 0) is 59.5 Å². The van der Waals surface area contributed by atoms with Gasteiger partial charge >= 0.3 is 0 Å². The summed E-state index contributed by atoms with van der Waals surface area (Å²) in [6.45, 7) is 0.467. The van der Waals surface area contributed by atoms with Crippen LogP contribution >= 0.6 is 0 Å². The van der Waals surface area contributed by atoms with Gasteiger partial charge in [0.05, 0.1) is 0 Å². The van der Waals surface area contributed by atoms with Gasteiger partial charge in [0.25, 0.3) is 5.91 Å². The van der Waals surface area contributed by atoms with Crippen molar-refractivity contribution in [2.45, 2.75) is 6.42 Å². The number of carbonyl (C=O) groups is 1. The van der Waals surface area contributed by atoms with E-state index in [0.717, 1.165) is 16.7 Å². The number of rotatable bonds is 5. The van der Waals surface area contributed by atoms with Gasteiger partial charge in [-0.2, -0.15) is 0 Å². The van der Waals surface area contributed by atoms with Gasteiger partial charge in [-0.25, -0.2) is 4.39 Å². The van der Waals surface area contributed by atoms with E-state index in [9.17, 15) is 9.18 Å². The minimum absolute atomic E-state index is 0.132. The highest BCUT2D eigenvalue weighted by Gasteiger charge is 2.06. The third-order valence-electron chi connectivity index (χ3n) is 3.75. The largest absolute Gasteiger partial charge is 0.352 e. The highest BCUT2D eigenvalue weighted by molar-refractivity contribution is 5.94. The Bertz CT molecular complexity index is 817. The zero-order valence-corrected chi connectivity index (χ0v) is 13.1. The van der Waals surface area contributed by atoms with Crippen molar-refractivity contribution in [2.75, 3.05) is 6.54 Å². The fourth-order valence-corrected chi connectivity index (χ4v) is 2.47. The number of halogens is 1. The molecule has 0 saturated heterocycles. The Kier molecular flexibility index (Phi) is 4.96. The number of pyridine rings is 1. The van der Waals surface area contributed by atoms with Gasteiger partial charge in [-0.1, -0.05) is 24.3 Å². The standard InChI is InChI=1S/C20H17FN2O/c21-19-3-1-2-15(14-19)8-13-23-20(24)18-6-4-16(5-7-18)17-9-11-22-12-10-17/h1-7,9-12,14H,8,13H2,(H,23,24). The molecule has 4 heteroatoms. The summed E-state index contributed by atoms with van der Waals surface area (Å²) < 4.78 is 13.1. The molecule has 0 bridgehead atoms. The molecule has 1 heterocycles. The summed E-state index contributed by atoms with van der Waals surface area (Å²) in [6.07, 6.45) is 4.07. The Morgan fingerprint density at radius 1 is 0.958 bits per heavy atom. The normalized spacial score (nSPS) is 10.4. The Hall–Kier alpha value is -3.01. The second kappa shape index (κ2) is 7.51. The number of carbonyl (C=O) groups excluding carboxylic acids is 1. The van der Waals surface area contributed by atoms with Gasteiger partial charge in [-0.15, -0.1) is 0 Å². The fraction of sp³-hybridized carbons (Fsp3) is 0.100. The summed E-state index contributed by atoms with van der Waals surface area (Å²) in [5.41, 5.74) is 3.56. The summed E-state index contributed by atoms with van der Waals surface area (Å²) in [5, 5.41) is 2.85. The molecular weight excluding hydrogens is 303 g/mol. The van der Waals surface area contributed by atoms with Crippen LogP contribution in [0.5, 0.6) is 0 Å². The quantitative estimate of drug-likeness (QED) is 0.775. The van der Waals surface area contributed by atoms with Crippen molar-refractivity contribution in [3.8, 4) is 11.1 Å². The highest BCUT2D eigenvalue weighted by atomic mass is 19.1. The Morgan fingerprint density at radius 3 is 2.38 bits per heavy atom. The van der Waals surface area contributed by atoms with Gasteiger partial charge < -0.3 is 5.32 Å². The predicted octanol–water partition coefficient (Wildman–Crippen LogP) is 3.86. The van der Waals surface area contributed by atoms with Crippen LogP contribution < -0.4 is 5.32 Å². The molecule has 0 atom stereocenters. The second-order valence-corrected chi connectivity index (χ2v) is 5.45. The molecule has 3 rings (SSSR count). The van der Waals surface area contributed by atoms with Crippen LogP contribution in [0.2, 0.25) is 0 Å². The number of hydrogen-bond donors (Lipinski definition) is 1. The van der Waals surface area contributed by atoms with Crippen molar-refractivity contribution >= 4 is 5.91 Å². The Morgan fingerprint density at radius 2 is 1.67 bits per heavy atom. The summed E-state index contributed by atoms with van der Waals surface area (Å²) in [5.74, 6) is -0.391. The molecule has 1 aromatic heterocycles. The lowest BCUT2D eigenvalue weighted by Crippen LogP contribution is -2.25. The summed E-state index contributed by atoms with van der Waals surface area (Å²) >= 11 is 0. The molecule has 0 aliphatic rings. The Balaban J connectivity index is 1.57. The molecule has 1 N–H and O–H groups in total. The maximum absolute atomic E-state index is 13.1. The lowest BCUT2D eigenvalue weighted by atomic mass is 10.0. The Labute approximate surface area is 140 Å². The average molecular weight is 320 g/mol. The number of aromatic nitrogens is 1.